The Kier molecular flexibility index (Phi) is 1.62. The molecule has 2 aromatic rings. The van der Waals surface area contributed by atoms with E-state index >= 15 is 0 Å². The molecule has 2 rings (SSSR count). The van der Waals surface area contributed by atoms with Crippen LogP contribution in [0.3, 0.4) is 0 Å². The van der Waals surface area contributed by atoms with Crippen LogP contribution in [0.2, 0.25) is 0 Å². The monoisotopic (exact) mass is 174 g/mol. The number of pyridine rings is 1. The topological polar surface area (TPSA) is 30.2 Å². The molecule has 0 unspecified atom stereocenters. The molecule has 0 N–H and O–H groups in total. The van der Waals surface area contributed by atoms with Crippen molar-refractivity contribution in [3.63, 3.8) is 0 Å². The van der Waals surface area contributed by atoms with Crippen molar-refractivity contribution < 1.29 is 0 Å². The number of hydrogen-bond acceptors (Lipinski definition) is 2. The Morgan fingerprint density at radius 1 is 1.31 bits per heavy atom. The number of hydrogen-bond donors (Lipinski definition) is 0. The molecule has 0 aliphatic rings. The van der Waals surface area contributed by atoms with E-state index in [0.29, 0.717) is 0 Å². The second-order valence-corrected chi connectivity index (χ2v) is 4.13. The second-order valence-electron chi connectivity index (χ2n) is 4.13. The SMILES string of the molecule is CC(C)(C)c1nnc2cc[c]cn12. The molecule has 0 amide bonds. The average molecular weight is 174 g/mol. The van der Waals surface area contributed by atoms with E-state index in [4.69, 9.17) is 0 Å². The van der Waals surface area contributed by atoms with Crippen molar-refractivity contribution in [2.75, 3.05) is 0 Å². The molecule has 0 spiro atoms. The zero-order chi connectivity index (χ0) is 9.47. The second kappa shape index (κ2) is 2.55. The van der Waals surface area contributed by atoms with Crippen molar-refractivity contribution in [3.05, 3.63) is 30.2 Å². The van der Waals surface area contributed by atoms with E-state index in [-0.39, 0.29) is 5.41 Å². The summed E-state index contributed by atoms with van der Waals surface area (Å²) >= 11 is 0. The molecule has 0 saturated carbocycles. The lowest BCUT2D eigenvalue weighted by atomic mass is 9.96. The molecule has 67 valence electrons. The molecule has 2 heterocycles. The van der Waals surface area contributed by atoms with Crippen molar-refractivity contribution in [3.8, 4) is 0 Å². The third kappa shape index (κ3) is 1.30. The molecule has 0 bridgehead atoms. The van der Waals surface area contributed by atoms with Gasteiger partial charge in [-0.25, -0.2) is 0 Å². The smallest absolute Gasteiger partial charge is 0.160 e. The van der Waals surface area contributed by atoms with Gasteiger partial charge < -0.3 is 0 Å². The van der Waals surface area contributed by atoms with Crippen LogP contribution >= 0.6 is 0 Å². The van der Waals surface area contributed by atoms with Crippen molar-refractivity contribution in [1.29, 1.82) is 0 Å². The van der Waals surface area contributed by atoms with Gasteiger partial charge in [-0.05, 0) is 18.2 Å². The summed E-state index contributed by atoms with van der Waals surface area (Å²) < 4.78 is 1.97. The van der Waals surface area contributed by atoms with Gasteiger partial charge in [0.05, 0.1) is 0 Å². The summed E-state index contributed by atoms with van der Waals surface area (Å²) in [5.41, 5.74) is 0.901. The summed E-state index contributed by atoms with van der Waals surface area (Å²) in [5, 5.41) is 8.24. The predicted molar refractivity (Wildman–Crippen MR) is 50.5 cm³/mol. The van der Waals surface area contributed by atoms with Gasteiger partial charge in [-0.2, -0.15) is 0 Å². The number of fused-ring (bicyclic) bond motifs is 1. The first-order valence-corrected chi connectivity index (χ1v) is 4.30. The first-order valence-electron chi connectivity index (χ1n) is 4.30. The average Bonchev–Trinajstić information content (AvgIpc) is 2.45. The summed E-state index contributed by atoms with van der Waals surface area (Å²) in [6.07, 6.45) is 1.87. The fraction of sp³-hybridized carbons (Fsp3) is 0.400. The van der Waals surface area contributed by atoms with Crippen LogP contribution in [-0.2, 0) is 5.41 Å². The highest BCUT2D eigenvalue weighted by atomic mass is 15.2. The van der Waals surface area contributed by atoms with Crippen LogP contribution in [0.15, 0.2) is 18.3 Å². The fourth-order valence-corrected chi connectivity index (χ4v) is 1.30. The Morgan fingerprint density at radius 3 is 2.77 bits per heavy atom. The number of rotatable bonds is 0. The van der Waals surface area contributed by atoms with Gasteiger partial charge in [0.25, 0.3) is 0 Å². The third-order valence-electron chi connectivity index (χ3n) is 1.93. The van der Waals surface area contributed by atoms with E-state index in [0.717, 1.165) is 11.5 Å². The highest BCUT2D eigenvalue weighted by Crippen LogP contribution is 2.20. The molecular formula is C10H12N3. The zero-order valence-electron chi connectivity index (χ0n) is 8.07. The summed E-state index contributed by atoms with van der Waals surface area (Å²) in [6, 6.07) is 6.77. The standard InChI is InChI=1S/C10H12N3/c1-10(2,3)9-12-11-8-6-4-5-7-13(8)9/h4,6-7H,1-3H3. The van der Waals surface area contributed by atoms with E-state index in [9.17, 15) is 0 Å². The molecule has 0 aliphatic heterocycles. The van der Waals surface area contributed by atoms with Gasteiger partial charge in [-0.15, -0.1) is 10.2 Å². The van der Waals surface area contributed by atoms with E-state index in [2.05, 4.69) is 37.0 Å². The molecule has 13 heavy (non-hydrogen) atoms. The van der Waals surface area contributed by atoms with Crippen LogP contribution in [0.5, 0.6) is 0 Å². The van der Waals surface area contributed by atoms with E-state index in [1.54, 1.807) is 0 Å². The lowest BCUT2D eigenvalue weighted by Gasteiger charge is -2.15. The summed E-state index contributed by atoms with van der Waals surface area (Å²) in [5.74, 6) is 0.972. The molecule has 1 radical (unpaired) electrons. The maximum Gasteiger partial charge on any atom is 0.160 e. The van der Waals surface area contributed by atoms with Crippen molar-refractivity contribution >= 4 is 5.65 Å². The Bertz CT molecular complexity index is 423. The first kappa shape index (κ1) is 8.23. The van der Waals surface area contributed by atoms with Gasteiger partial charge >= 0.3 is 0 Å². The Balaban J connectivity index is 2.72. The van der Waals surface area contributed by atoms with Crippen LogP contribution in [-0.4, -0.2) is 14.6 Å². The normalized spacial score (nSPS) is 12.2. The first-order chi connectivity index (χ1) is 6.09. The van der Waals surface area contributed by atoms with Gasteiger partial charge in [0.1, 0.15) is 5.82 Å². The Hall–Kier alpha value is -1.38. The maximum absolute atomic E-state index is 4.16. The fourth-order valence-electron chi connectivity index (χ4n) is 1.30. The van der Waals surface area contributed by atoms with Crippen molar-refractivity contribution in [1.82, 2.24) is 14.6 Å². The minimum absolute atomic E-state index is 0.0224. The lowest BCUT2D eigenvalue weighted by Crippen LogP contribution is -2.15. The van der Waals surface area contributed by atoms with Crippen molar-refractivity contribution in [2.24, 2.45) is 0 Å². The van der Waals surface area contributed by atoms with Crippen LogP contribution in [0.25, 0.3) is 5.65 Å². The molecule has 0 atom stereocenters. The molecule has 0 aliphatic carbocycles. The Labute approximate surface area is 77.4 Å². The molecule has 3 nitrogen and oxygen atoms in total. The molecule has 0 saturated heterocycles. The largest absolute Gasteiger partial charge is 0.285 e. The van der Waals surface area contributed by atoms with Gasteiger partial charge in [0, 0.05) is 11.6 Å². The summed E-state index contributed by atoms with van der Waals surface area (Å²) in [4.78, 5) is 0. The van der Waals surface area contributed by atoms with Crippen LogP contribution in [0, 0.1) is 6.07 Å². The highest BCUT2D eigenvalue weighted by molar-refractivity contribution is 5.37. The highest BCUT2D eigenvalue weighted by Gasteiger charge is 2.19. The van der Waals surface area contributed by atoms with Crippen LogP contribution < -0.4 is 0 Å². The molecule has 2 aromatic heterocycles. The minimum atomic E-state index is 0.0224. The molecule has 0 aromatic carbocycles. The predicted octanol–water partition coefficient (Wildman–Crippen LogP) is 1.83. The van der Waals surface area contributed by atoms with Gasteiger partial charge in [-0.3, -0.25) is 4.40 Å². The minimum Gasteiger partial charge on any atom is -0.285 e. The summed E-state index contributed by atoms with van der Waals surface area (Å²) in [6.45, 7) is 6.36. The van der Waals surface area contributed by atoms with Crippen LogP contribution in [0.4, 0.5) is 0 Å². The summed E-state index contributed by atoms with van der Waals surface area (Å²) in [7, 11) is 0. The quantitative estimate of drug-likeness (QED) is 0.610. The number of aromatic nitrogens is 3. The third-order valence-corrected chi connectivity index (χ3v) is 1.93. The van der Waals surface area contributed by atoms with Gasteiger partial charge in [0.2, 0.25) is 0 Å². The van der Waals surface area contributed by atoms with Crippen LogP contribution in [0.1, 0.15) is 26.6 Å². The van der Waals surface area contributed by atoms with Gasteiger partial charge in [0.15, 0.2) is 5.65 Å². The van der Waals surface area contributed by atoms with E-state index in [1.807, 2.05) is 22.7 Å². The molecular weight excluding hydrogens is 162 g/mol. The maximum atomic E-state index is 4.16. The zero-order valence-corrected chi connectivity index (χ0v) is 8.07. The molecule has 3 heteroatoms. The van der Waals surface area contributed by atoms with E-state index in [1.165, 1.54) is 0 Å². The Morgan fingerprint density at radius 2 is 2.08 bits per heavy atom. The number of nitrogens with zero attached hydrogens (tertiary/aromatic N) is 3. The van der Waals surface area contributed by atoms with Crippen molar-refractivity contribution in [2.45, 2.75) is 26.2 Å². The van der Waals surface area contributed by atoms with Gasteiger partial charge in [-0.1, -0.05) is 20.8 Å². The lowest BCUT2D eigenvalue weighted by molar-refractivity contribution is 0.538. The molecule has 0 fully saturated rings. The van der Waals surface area contributed by atoms with E-state index < -0.39 is 0 Å².